The van der Waals surface area contributed by atoms with Crippen LogP contribution >= 0.6 is 0 Å². The number of hydrogen-bond donors (Lipinski definition) is 2. The molecule has 0 unspecified atom stereocenters. The molecule has 1 aliphatic rings. The molecule has 8 nitrogen and oxygen atoms in total. The molecule has 0 aromatic heterocycles. The molecule has 158 valence electrons. The molecule has 1 aromatic rings. The van der Waals surface area contributed by atoms with Gasteiger partial charge >= 0.3 is 0 Å². The Morgan fingerprint density at radius 2 is 2.04 bits per heavy atom. The second-order valence-electron chi connectivity index (χ2n) is 8.95. The number of benzene rings is 1. The predicted octanol–water partition coefficient (Wildman–Crippen LogP) is 1.60. The lowest BCUT2D eigenvalue weighted by atomic mass is 9.93. The largest absolute Gasteiger partial charge is 0.379 e. The number of hydrogen-bond acceptors (Lipinski definition) is 5. The fraction of sp³-hybridized carbons (Fsp3) is 0.684. The molecule has 28 heavy (non-hydrogen) atoms. The minimum atomic E-state index is -3.73. The van der Waals surface area contributed by atoms with E-state index in [4.69, 9.17) is 0 Å². The van der Waals surface area contributed by atoms with E-state index in [1.165, 1.54) is 27.4 Å². The summed E-state index contributed by atoms with van der Waals surface area (Å²) in [6.45, 7) is 8.57. The van der Waals surface area contributed by atoms with Crippen molar-refractivity contribution in [3.63, 3.8) is 0 Å². The van der Waals surface area contributed by atoms with Crippen LogP contribution in [0.5, 0.6) is 0 Å². The van der Waals surface area contributed by atoms with Gasteiger partial charge in [-0.05, 0) is 30.9 Å². The highest BCUT2D eigenvalue weighted by molar-refractivity contribution is 7.89. The Morgan fingerprint density at radius 1 is 1.36 bits per heavy atom. The van der Waals surface area contributed by atoms with Crippen molar-refractivity contribution in [1.29, 1.82) is 0 Å². The van der Waals surface area contributed by atoms with E-state index in [1.54, 1.807) is 0 Å². The summed E-state index contributed by atoms with van der Waals surface area (Å²) in [5.41, 5.74) is 0.0680. The lowest BCUT2D eigenvalue weighted by Crippen LogP contribution is -3.07. The first-order valence-electron chi connectivity index (χ1n) is 9.74. The maximum Gasteiger partial charge on any atom is 0.293 e. The highest BCUT2D eigenvalue weighted by atomic mass is 32.2. The molecule has 2 rings (SSSR count). The molecular formula is C19H33N4O4S+. The fourth-order valence-corrected chi connectivity index (χ4v) is 5.46. The van der Waals surface area contributed by atoms with Gasteiger partial charge in [-0.2, -0.15) is 4.31 Å². The van der Waals surface area contributed by atoms with Gasteiger partial charge in [-0.3, -0.25) is 10.1 Å². The molecule has 0 saturated carbocycles. The van der Waals surface area contributed by atoms with Crippen LogP contribution in [0.4, 0.5) is 11.4 Å². The van der Waals surface area contributed by atoms with Gasteiger partial charge in [0.25, 0.3) is 5.69 Å². The monoisotopic (exact) mass is 413 g/mol. The summed E-state index contributed by atoms with van der Waals surface area (Å²) < 4.78 is 27.3. The van der Waals surface area contributed by atoms with E-state index in [9.17, 15) is 18.5 Å². The Bertz CT molecular complexity index is 808. The van der Waals surface area contributed by atoms with Gasteiger partial charge in [0.2, 0.25) is 10.0 Å². The van der Waals surface area contributed by atoms with Gasteiger partial charge in [0, 0.05) is 31.1 Å². The Morgan fingerprint density at radius 3 is 2.61 bits per heavy atom. The number of piperidine rings is 1. The van der Waals surface area contributed by atoms with Gasteiger partial charge in [0.05, 0.1) is 30.5 Å². The molecule has 0 radical (unpaired) electrons. The third-order valence-electron chi connectivity index (χ3n) is 5.01. The zero-order valence-electron chi connectivity index (χ0n) is 17.5. The summed E-state index contributed by atoms with van der Waals surface area (Å²) in [5.74, 6) is 0.292. The molecule has 0 aliphatic carbocycles. The van der Waals surface area contributed by atoms with Gasteiger partial charge < -0.3 is 10.2 Å². The lowest BCUT2D eigenvalue weighted by Gasteiger charge is -2.30. The molecule has 0 bridgehead atoms. The van der Waals surface area contributed by atoms with Crippen molar-refractivity contribution in [2.45, 2.75) is 38.5 Å². The van der Waals surface area contributed by atoms with Crippen LogP contribution in [0, 0.1) is 21.4 Å². The molecule has 9 heteroatoms. The minimum absolute atomic E-state index is 0.0177. The van der Waals surface area contributed by atoms with E-state index >= 15 is 0 Å². The summed E-state index contributed by atoms with van der Waals surface area (Å²) in [5, 5.41) is 14.7. The second-order valence-corrected chi connectivity index (χ2v) is 10.9. The fourth-order valence-electron chi connectivity index (χ4n) is 3.84. The average molecular weight is 414 g/mol. The highest BCUT2D eigenvalue weighted by Crippen LogP contribution is 2.31. The summed E-state index contributed by atoms with van der Waals surface area (Å²) >= 11 is 0. The molecule has 1 fully saturated rings. The van der Waals surface area contributed by atoms with Crippen LogP contribution in [0.15, 0.2) is 23.1 Å². The topological polar surface area (TPSA) is 97.0 Å². The van der Waals surface area contributed by atoms with E-state index in [0.29, 0.717) is 31.2 Å². The van der Waals surface area contributed by atoms with Crippen molar-refractivity contribution < 1.29 is 18.2 Å². The average Bonchev–Trinajstić information content (AvgIpc) is 2.58. The van der Waals surface area contributed by atoms with Gasteiger partial charge in [0.1, 0.15) is 5.69 Å². The summed E-state index contributed by atoms with van der Waals surface area (Å²) in [6.07, 6.45) is 1.81. The zero-order valence-corrected chi connectivity index (χ0v) is 18.3. The van der Waals surface area contributed by atoms with E-state index < -0.39 is 14.9 Å². The zero-order chi connectivity index (χ0) is 21.1. The molecule has 1 saturated heterocycles. The number of nitro benzene ring substituents is 1. The van der Waals surface area contributed by atoms with Crippen LogP contribution < -0.4 is 10.2 Å². The molecule has 0 spiro atoms. The number of rotatable bonds is 8. The predicted molar refractivity (Wildman–Crippen MR) is 110 cm³/mol. The number of quaternary nitrogens is 1. The van der Waals surface area contributed by atoms with Crippen LogP contribution in [0.25, 0.3) is 0 Å². The standard InChI is InChI=1S/C19H32N4O4S/c1-15-7-6-10-22(12-15)28(26,27)16-8-9-17(18(11-16)23(24)25)20-13-19(2,3)14-21(4)5/h8-9,11,15,20H,6-7,10,12-14H2,1-5H3/p+1/t15-/m1/s1. The quantitative estimate of drug-likeness (QED) is 0.498. The van der Waals surface area contributed by atoms with E-state index in [0.717, 1.165) is 19.4 Å². The van der Waals surface area contributed by atoms with Gasteiger partial charge in [-0.15, -0.1) is 0 Å². The lowest BCUT2D eigenvalue weighted by molar-refractivity contribution is -0.865. The number of nitrogens with zero attached hydrogens (tertiary/aromatic N) is 2. The van der Waals surface area contributed by atoms with Gasteiger partial charge in [0.15, 0.2) is 0 Å². The van der Waals surface area contributed by atoms with Crippen molar-refractivity contribution in [3.05, 3.63) is 28.3 Å². The molecule has 1 aliphatic heterocycles. The van der Waals surface area contributed by atoms with Crippen LogP contribution in [0.2, 0.25) is 0 Å². The van der Waals surface area contributed by atoms with E-state index in [-0.39, 0.29) is 16.0 Å². The van der Waals surface area contributed by atoms with Crippen LogP contribution in [0.1, 0.15) is 33.6 Å². The van der Waals surface area contributed by atoms with Gasteiger partial charge in [-0.1, -0.05) is 20.8 Å². The molecule has 1 aromatic carbocycles. The first kappa shape index (κ1) is 22.6. The van der Waals surface area contributed by atoms with Crippen LogP contribution in [-0.2, 0) is 10.0 Å². The first-order valence-corrected chi connectivity index (χ1v) is 11.2. The number of nitrogens with one attached hydrogen (secondary N) is 2. The van der Waals surface area contributed by atoms with Crippen molar-refractivity contribution in [2.75, 3.05) is 45.6 Å². The summed E-state index contributed by atoms with van der Waals surface area (Å²) in [4.78, 5) is 12.3. The molecule has 1 heterocycles. The first-order chi connectivity index (χ1) is 12.9. The van der Waals surface area contributed by atoms with E-state index in [2.05, 4.69) is 33.3 Å². The number of anilines is 1. The Labute approximate surface area is 168 Å². The van der Waals surface area contributed by atoms with Crippen molar-refractivity contribution in [1.82, 2.24) is 4.31 Å². The SMILES string of the molecule is C[C@@H]1CCCN(S(=O)(=O)c2ccc(NCC(C)(C)C[NH+](C)C)c([N+](=O)[O-])c2)C1. The summed E-state index contributed by atoms with van der Waals surface area (Å²) in [7, 11) is 0.392. The number of sulfonamides is 1. The smallest absolute Gasteiger partial charge is 0.293 e. The maximum absolute atomic E-state index is 12.9. The number of nitro groups is 1. The molecular weight excluding hydrogens is 380 g/mol. The normalized spacial score (nSPS) is 19.0. The van der Waals surface area contributed by atoms with Crippen LogP contribution in [0.3, 0.4) is 0 Å². The molecule has 0 amide bonds. The minimum Gasteiger partial charge on any atom is -0.379 e. The van der Waals surface area contributed by atoms with Crippen molar-refractivity contribution >= 4 is 21.4 Å². The maximum atomic E-state index is 12.9. The van der Waals surface area contributed by atoms with Crippen LogP contribution in [-0.4, -0.2) is 57.9 Å². The third-order valence-corrected chi connectivity index (χ3v) is 6.87. The molecule has 1 atom stereocenters. The van der Waals surface area contributed by atoms with Crippen molar-refractivity contribution in [3.8, 4) is 0 Å². The summed E-state index contributed by atoms with van der Waals surface area (Å²) in [6, 6.07) is 4.16. The molecule has 2 N–H and O–H groups in total. The van der Waals surface area contributed by atoms with Crippen molar-refractivity contribution in [2.24, 2.45) is 11.3 Å². The highest BCUT2D eigenvalue weighted by Gasteiger charge is 2.31. The Hall–Kier alpha value is -1.71. The third kappa shape index (κ3) is 5.65. The Balaban J connectivity index is 2.26. The Kier molecular flexibility index (Phi) is 7.06. The van der Waals surface area contributed by atoms with E-state index in [1.807, 2.05) is 6.92 Å². The van der Waals surface area contributed by atoms with Gasteiger partial charge in [-0.25, -0.2) is 8.42 Å². The second kappa shape index (κ2) is 8.75.